The highest BCUT2D eigenvalue weighted by Crippen LogP contribution is 2.31. The van der Waals surface area contributed by atoms with Gasteiger partial charge in [-0.05, 0) is 25.7 Å². The standard InChI is InChI=1S/C10H16N2O3S/c13-8-11-10-6-3-7-12(10)16(14,15)9-4-1-2-5-9/h9-10H,1-7H2. The second-order valence-electron chi connectivity index (χ2n) is 4.41. The maximum atomic E-state index is 12.3. The summed E-state index contributed by atoms with van der Waals surface area (Å²) in [5.41, 5.74) is 0. The highest BCUT2D eigenvalue weighted by molar-refractivity contribution is 7.89. The van der Waals surface area contributed by atoms with Gasteiger partial charge in [-0.3, -0.25) is 0 Å². The Bertz CT molecular complexity index is 394. The van der Waals surface area contributed by atoms with Crippen LogP contribution in [0, 0.1) is 0 Å². The lowest BCUT2D eigenvalue weighted by Gasteiger charge is -2.23. The fourth-order valence-corrected chi connectivity index (χ4v) is 4.77. The van der Waals surface area contributed by atoms with Crippen LogP contribution in [0.3, 0.4) is 0 Å². The van der Waals surface area contributed by atoms with Crippen molar-refractivity contribution in [1.29, 1.82) is 0 Å². The van der Waals surface area contributed by atoms with Gasteiger partial charge in [0, 0.05) is 6.54 Å². The van der Waals surface area contributed by atoms with Crippen molar-refractivity contribution in [3.8, 4) is 0 Å². The smallest absolute Gasteiger partial charge is 0.212 e. The third-order valence-electron chi connectivity index (χ3n) is 3.43. The van der Waals surface area contributed by atoms with Crippen LogP contribution in [0.2, 0.25) is 0 Å². The first-order valence-corrected chi connectivity index (χ1v) is 7.24. The molecule has 0 aromatic rings. The van der Waals surface area contributed by atoms with Crippen molar-refractivity contribution in [3.63, 3.8) is 0 Å². The van der Waals surface area contributed by atoms with Gasteiger partial charge >= 0.3 is 0 Å². The molecule has 1 aliphatic heterocycles. The number of nitrogens with zero attached hydrogens (tertiary/aromatic N) is 2. The Morgan fingerprint density at radius 3 is 2.44 bits per heavy atom. The average molecular weight is 244 g/mol. The van der Waals surface area contributed by atoms with Crippen molar-refractivity contribution in [2.24, 2.45) is 4.99 Å². The predicted molar refractivity (Wildman–Crippen MR) is 59.0 cm³/mol. The summed E-state index contributed by atoms with van der Waals surface area (Å²) in [7, 11) is -3.25. The Hall–Kier alpha value is -0.710. The molecule has 6 heteroatoms. The van der Waals surface area contributed by atoms with Crippen LogP contribution in [-0.2, 0) is 14.8 Å². The van der Waals surface area contributed by atoms with Crippen LogP contribution in [-0.4, -0.2) is 36.8 Å². The van der Waals surface area contributed by atoms with Crippen molar-refractivity contribution < 1.29 is 13.2 Å². The number of hydrogen-bond donors (Lipinski definition) is 0. The minimum Gasteiger partial charge on any atom is -0.212 e. The molecule has 16 heavy (non-hydrogen) atoms. The third kappa shape index (κ3) is 2.05. The summed E-state index contributed by atoms with van der Waals surface area (Å²) in [6.45, 7) is 0.495. The molecule has 2 rings (SSSR count). The Kier molecular flexibility index (Phi) is 3.42. The Balaban J connectivity index is 2.18. The van der Waals surface area contributed by atoms with E-state index in [1.54, 1.807) is 0 Å². The molecule has 1 unspecified atom stereocenters. The molecule has 1 heterocycles. The van der Waals surface area contributed by atoms with Crippen LogP contribution >= 0.6 is 0 Å². The summed E-state index contributed by atoms with van der Waals surface area (Å²) < 4.78 is 25.9. The maximum absolute atomic E-state index is 12.3. The molecule has 1 aliphatic carbocycles. The van der Waals surface area contributed by atoms with Gasteiger partial charge in [0.15, 0.2) is 0 Å². The summed E-state index contributed by atoms with van der Waals surface area (Å²) in [5.74, 6) is 0. The van der Waals surface area contributed by atoms with Gasteiger partial charge in [0.25, 0.3) is 0 Å². The summed E-state index contributed by atoms with van der Waals surface area (Å²) in [6.07, 6.45) is 5.86. The van der Waals surface area contributed by atoms with Crippen molar-refractivity contribution in [3.05, 3.63) is 0 Å². The van der Waals surface area contributed by atoms with Gasteiger partial charge in [0.2, 0.25) is 16.1 Å². The number of rotatable bonds is 3. The Morgan fingerprint density at radius 1 is 1.12 bits per heavy atom. The molecule has 0 bridgehead atoms. The van der Waals surface area contributed by atoms with Gasteiger partial charge in [-0.1, -0.05) is 12.8 Å². The number of isocyanates is 1. The van der Waals surface area contributed by atoms with Crippen LogP contribution < -0.4 is 0 Å². The van der Waals surface area contributed by atoms with E-state index in [2.05, 4.69) is 4.99 Å². The second-order valence-corrected chi connectivity index (χ2v) is 6.57. The topological polar surface area (TPSA) is 66.8 Å². The highest BCUT2D eigenvalue weighted by atomic mass is 32.2. The molecule has 1 saturated heterocycles. The fourth-order valence-electron chi connectivity index (χ4n) is 2.59. The van der Waals surface area contributed by atoms with Crippen LogP contribution in [0.15, 0.2) is 4.99 Å². The van der Waals surface area contributed by atoms with E-state index in [-0.39, 0.29) is 5.25 Å². The van der Waals surface area contributed by atoms with E-state index < -0.39 is 16.2 Å². The van der Waals surface area contributed by atoms with Gasteiger partial charge in [0.1, 0.15) is 6.17 Å². The molecule has 0 aromatic carbocycles. The Labute approximate surface area is 95.6 Å². The van der Waals surface area contributed by atoms with E-state index in [0.717, 1.165) is 32.1 Å². The molecule has 90 valence electrons. The number of hydrogen-bond acceptors (Lipinski definition) is 4. The zero-order valence-electron chi connectivity index (χ0n) is 9.13. The molecular weight excluding hydrogens is 228 g/mol. The van der Waals surface area contributed by atoms with Crippen molar-refractivity contribution in [1.82, 2.24) is 4.31 Å². The molecular formula is C10H16N2O3S. The zero-order chi connectivity index (χ0) is 11.6. The number of aliphatic imine (C=N–C) groups is 1. The largest absolute Gasteiger partial charge is 0.236 e. The molecule has 0 spiro atoms. The van der Waals surface area contributed by atoms with Crippen LogP contribution in [0.25, 0.3) is 0 Å². The lowest BCUT2D eigenvalue weighted by atomic mass is 10.3. The Morgan fingerprint density at radius 2 is 1.81 bits per heavy atom. The number of sulfonamides is 1. The van der Waals surface area contributed by atoms with E-state index in [4.69, 9.17) is 0 Å². The molecule has 1 atom stereocenters. The summed E-state index contributed by atoms with van der Waals surface area (Å²) in [6, 6.07) is 0. The van der Waals surface area contributed by atoms with Gasteiger partial charge in [0.05, 0.1) is 5.25 Å². The first-order valence-electron chi connectivity index (χ1n) is 5.74. The first-order chi connectivity index (χ1) is 7.66. The van der Waals surface area contributed by atoms with Gasteiger partial charge in [-0.25, -0.2) is 13.2 Å². The minimum absolute atomic E-state index is 0.255. The highest BCUT2D eigenvalue weighted by Gasteiger charge is 2.40. The van der Waals surface area contributed by atoms with E-state index in [0.29, 0.717) is 13.0 Å². The third-order valence-corrected chi connectivity index (χ3v) is 5.82. The van der Waals surface area contributed by atoms with E-state index in [1.807, 2.05) is 0 Å². The zero-order valence-corrected chi connectivity index (χ0v) is 9.95. The van der Waals surface area contributed by atoms with E-state index >= 15 is 0 Å². The summed E-state index contributed by atoms with van der Waals surface area (Å²) in [5, 5.41) is -0.255. The second kappa shape index (κ2) is 4.65. The fraction of sp³-hybridized carbons (Fsp3) is 0.900. The maximum Gasteiger partial charge on any atom is 0.236 e. The molecule has 0 N–H and O–H groups in total. The van der Waals surface area contributed by atoms with Crippen LogP contribution in [0.5, 0.6) is 0 Å². The lowest BCUT2D eigenvalue weighted by Crippen LogP contribution is -2.40. The van der Waals surface area contributed by atoms with Crippen LogP contribution in [0.1, 0.15) is 38.5 Å². The van der Waals surface area contributed by atoms with E-state index in [1.165, 1.54) is 10.4 Å². The van der Waals surface area contributed by atoms with Gasteiger partial charge in [-0.15, -0.1) is 0 Å². The lowest BCUT2D eigenvalue weighted by molar-refractivity contribution is 0.388. The van der Waals surface area contributed by atoms with Crippen molar-refractivity contribution >= 4 is 16.1 Å². The molecule has 5 nitrogen and oxygen atoms in total. The molecule has 0 amide bonds. The molecule has 1 saturated carbocycles. The van der Waals surface area contributed by atoms with Gasteiger partial charge < -0.3 is 0 Å². The van der Waals surface area contributed by atoms with Crippen molar-refractivity contribution in [2.45, 2.75) is 49.9 Å². The molecule has 0 radical (unpaired) electrons. The molecule has 2 aliphatic rings. The van der Waals surface area contributed by atoms with E-state index in [9.17, 15) is 13.2 Å². The van der Waals surface area contributed by atoms with Crippen LogP contribution in [0.4, 0.5) is 0 Å². The number of carbonyl (C=O) groups excluding carboxylic acids is 1. The monoisotopic (exact) mass is 244 g/mol. The van der Waals surface area contributed by atoms with Crippen molar-refractivity contribution in [2.75, 3.05) is 6.54 Å². The summed E-state index contributed by atoms with van der Waals surface area (Å²) in [4.78, 5) is 13.8. The minimum atomic E-state index is -3.25. The SMILES string of the molecule is O=C=NC1CCCN1S(=O)(=O)C1CCCC1. The molecule has 2 fully saturated rings. The molecule has 0 aromatic heterocycles. The predicted octanol–water partition coefficient (Wildman–Crippen LogP) is 1.02. The quantitative estimate of drug-likeness (QED) is 0.550. The summed E-state index contributed by atoms with van der Waals surface area (Å²) >= 11 is 0. The van der Waals surface area contributed by atoms with Gasteiger partial charge in [-0.2, -0.15) is 9.30 Å². The normalized spacial score (nSPS) is 28.1. The average Bonchev–Trinajstić information content (AvgIpc) is 2.88. The first kappa shape index (κ1) is 11.8.